The molecular weight excluding hydrogens is 396 g/mol. The van der Waals surface area contributed by atoms with Gasteiger partial charge in [-0.05, 0) is 49.8 Å². The molecule has 0 aliphatic heterocycles. The van der Waals surface area contributed by atoms with Crippen molar-refractivity contribution in [3.05, 3.63) is 52.6 Å². The Morgan fingerprint density at radius 3 is 2.71 bits per heavy atom. The maximum Gasteiger partial charge on any atom is 0.274 e. The van der Waals surface area contributed by atoms with Gasteiger partial charge in [0.2, 0.25) is 0 Å². The second-order valence-electron chi connectivity index (χ2n) is 8.14. The van der Waals surface area contributed by atoms with Crippen LogP contribution in [0.3, 0.4) is 0 Å². The van der Waals surface area contributed by atoms with Crippen molar-refractivity contribution < 1.29 is 14.3 Å². The van der Waals surface area contributed by atoms with Crippen molar-refractivity contribution in [1.29, 1.82) is 0 Å². The molecule has 31 heavy (non-hydrogen) atoms. The minimum atomic E-state index is -0.394. The second kappa shape index (κ2) is 8.93. The van der Waals surface area contributed by atoms with Gasteiger partial charge in [-0.25, -0.2) is 0 Å². The third kappa shape index (κ3) is 4.34. The Hall–Kier alpha value is -3.13. The molecule has 4 rings (SSSR count). The SMILES string of the molecule is COCC1CCC(n2cc3cc(C(=O)Nc4cccn(C)c4=O)c(OC)cc3n2)CC1. The summed E-state index contributed by atoms with van der Waals surface area (Å²) in [5.74, 6) is 0.647. The van der Waals surface area contributed by atoms with Gasteiger partial charge in [0, 0.05) is 44.6 Å². The van der Waals surface area contributed by atoms with Gasteiger partial charge in [-0.2, -0.15) is 5.10 Å². The molecule has 8 nitrogen and oxygen atoms in total. The summed E-state index contributed by atoms with van der Waals surface area (Å²) in [6.07, 6.45) is 8.00. The van der Waals surface area contributed by atoms with E-state index in [-0.39, 0.29) is 11.2 Å². The molecule has 2 aromatic heterocycles. The highest BCUT2D eigenvalue weighted by atomic mass is 16.5. The quantitative estimate of drug-likeness (QED) is 0.656. The Kier molecular flexibility index (Phi) is 6.08. The van der Waals surface area contributed by atoms with Gasteiger partial charge < -0.3 is 19.4 Å². The molecule has 1 aliphatic carbocycles. The summed E-state index contributed by atoms with van der Waals surface area (Å²) in [7, 11) is 4.92. The van der Waals surface area contributed by atoms with Crippen LogP contribution in [0.1, 0.15) is 42.1 Å². The fraction of sp³-hybridized carbons (Fsp3) is 0.435. The largest absolute Gasteiger partial charge is 0.496 e. The van der Waals surface area contributed by atoms with Gasteiger partial charge >= 0.3 is 0 Å². The molecule has 1 aliphatic rings. The number of amides is 1. The van der Waals surface area contributed by atoms with E-state index < -0.39 is 5.91 Å². The van der Waals surface area contributed by atoms with Gasteiger partial charge in [0.15, 0.2) is 0 Å². The van der Waals surface area contributed by atoms with E-state index in [4.69, 9.17) is 14.6 Å². The molecule has 2 heterocycles. The molecule has 1 amide bonds. The summed E-state index contributed by atoms with van der Waals surface area (Å²) < 4.78 is 14.2. The molecule has 0 radical (unpaired) electrons. The Morgan fingerprint density at radius 2 is 2.00 bits per heavy atom. The highest BCUT2D eigenvalue weighted by Gasteiger charge is 2.24. The van der Waals surface area contributed by atoms with E-state index >= 15 is 0 Å². The number of anilines is 1. The smallest absolute Gasteiger partial charge is 0.274 e. The van der Waals surface area contributed by atoms with Crippen LogP contribution < -0.4 is 15.6 Å². The molecule has 1 saturated carbocycles. The van der Waals surface area contributed by atoms with Gasteiger partial charge in [-0.15, -0.1) is 0 Å². The standard InChI is InChI=1S/C23H28N4O4/c1-26-10-4-5-19(23(26)29)24-22(28)18-11-16-13-27(25-20(16)12-21(18)31-3)17-8-6-15(7-9-17)14-30-2/h4-5,10-13,15,17H,6-9,14H2,1-3H3,(H,24,28). The average Bonchev–Trinajstić information content (AvgIpc) is 3.19. The number of fused-ring (bicyclic) bond motifs is 1. The number of nitrogens with zero attached hydrogens (tertiary/aromatic N) is 3. The van der Waals surface area contributed by atoms with Gasteiger partial charge in [-0.1, -0.05) is 0 Å². The first-order valence-corrected chi connectivity index (χ1v) is 10.5. The Bertz CT molecular complexity index is 1140. The van der Waals surface area contributed by atoms with Crippen molar-refractivity contribution >= 4 is 22.5 Å². The average molecular weight is 425 g/mol. The number of pyridine rings is 1. The second-order valence-corrected chi connectivity index (χ2v) is 8.14. The third-order valence-electron chi connectivity index (χ3n) is 6.05. The van der Waals surface area contributed by atoms with Crippen molar-refractivity contribution in [2.45, 2.75) is 31.7 Å². The van der Waals surface area contributed by atoms with Crippen LogP contribution in [0, 0.1) is 5.92 Å². The molecule has 0 spiro atoms. The van der Waals surface area contributed by atoms with Crippen LogP contribution in [0.5, 0.6) is 5.75 Å². The maximum absolute atomic E-state index is 12.9. The summed E-state index contributed by atoms with van der Waals surface area (Å²) in [6, 6.07) is 7.19. The van der Waals surface area contributed by atoms with E-state index in [9.17, 15) is 9.59 Å². The highest BCUT2D eigenvalue weighted by molar-refractivity contribution is 6.08. The zero-order valence-corrected chi connectivity index (χ0v) is 18.1. The molecular formula is C23H28N4O4. The Morgan fingerprint density at radius 1 is 1.23 bits per heavy atom. The minimum Gasteiger partial charge on any atom is -0.496 e. The number of rotatable bonds is 6. The predicted molar refractivity (Wildman–Crippen MR) is 119 cm³/mol. The van der Waals surface area contributed by atoms with Crippen molar-refractivity contribution in [1.82, 2.24) is 14.3 Å². The van der Waals surface area contributed by atoms with Crippen molar-refractivity contribution in [2.75, 3.05) is 26.1 Å². The lowest BCUT2D eigenvalue weighted by atomic mass is 9.86. The van der Waals surface area contributed by atoms with Crippen LogP contribution in [0.4, 0.5) is 5.69 Å². The summed E-state index contributed by atoms with van der Waals surface area (Å²) in [5, 5.41) is 8.32. The fourth-order valence-electron chi connectivity index (χ4n) is 4.30. The lowest BCUT2D eigenvalue weighted by Gasteiger charge is -2.28. The molecule has 0 atom stereocenters. The number of hydrogen-bond acceptors (Lipinski definition) is 5. The molecule has 3 aromatic rings. The number of carbonyl (C=O) groups is 1. The first-order valence-electron chi connectivity index (χ1n) is 10.5. The minimum absolute atomic E-state index is 0.223. The molecule has 164 valence electrons. The topological polar surface area (TPSA) is 87.4 Å². The summed E-state index contributed by atoms with van der Waals surface area (Å²) in [4.78, 5) is 25.2. The number of hydrogen-bond donors (Lipinski definition) is 1. The fourth-order valence-corrected chi connectivity index (χ4v) is 4.30. The Balaban J connectivity index is 1.59. The summed E-state index contributed by atoms with van der Waals surface area (Å²) >= 11 is 0. The van der Waals surface area contributed by atoms with Crippen LogP contribution in [0.2, 0.25) is 0 Å². The Labute approximate surface area is 180 Å². The van der Waals surface area contributed by atoms with Crippen LogP contribution in [0.25, 0.3) is 10.9 Å². The predicted octanol–water partition coefficient (Wildman–Crippen LogP) is 3.37. The molecule has 0 saturated heterocycles. The van der Waals surface area contributed by atoms with Gasteiger partial charge in [0.25, 0.3) is 11.5 Å². The maximum atomic E-state index is 12.9. The lowest BCUT2D eigenvalue weighted by molar-refractivity contribution is 0.102. The number of methoxy groups -OCH3 is 2. The van der Waals surface area contributed by atoms with E-state index in [1.54, 1.807) is 44.6 Å². The number of carbonyl (C=O) groups excluding carboxylic acids is 1. The molecule has 0 unspecified atom stereocenters. The third-order valence-corrected chi connectivity index (χ3v) is 6.05. The molecule has 8 heteroatoms. The van der Waals surface area contributed by atoms with Crippen molar-refractivity contribution in [3.8, 4) is 5.75 Å². The first-order chi connectivity index (χ1) is 15.0. The van der Waals surface area contributed by atoms with Crippen LogP contribution >= 0.6 is 0 Å². The van der Waals surface area contributed by atoms with E-state index in [0.717, 1.165) is 43.2 Å². The summed E-state index contributed by atoms with van der Waals surface area (Å²) in [6.45, 7) is 0.813. The van der Waals surface area contributed by atoms with Gasteiger partial charge in [0.05, 0.1) is 24.2 Å². The zero-order valence-electron chi connectivity index (χ0n) is 18.1. The number of aryl methyl sites for hydroxylation is 1. The van der Waals surface area contributed by atoms with Crippen molar-refractivity contribution in [2.24, 2.45) is 13.0 Å². The van der Waals surface area contributed by atoms with E-state index in [1.807, 2.05) is 10.9 Å². The zero-order chi connectivity index (χ0) is 22.0. The number of aromatic nitrogens is 3. The monoisotopic (exact) mass is 424 g/mol. The first kappa shape index (κ1) is 21.1. The lowest BCUT2D eigenvalue weighted by Crippen LogP contribution is -2.23. The van der Waals surface area contributed by atoms with E-state index in [0.29, 0.717) is 23.3 Å². The van der Waals surface area contributed by atoms with Gasteiger partial charge in [0.1, 0.15) is 11.4 Å². The normalized spacial score (nSPS) is 18.8. The number of ether oxygens (including phenoxy) is 2. The highest BCUT2D eigenvalue weighted by Crippen LogP contribution is 2.34. The molecule has 1 fully saturated rings. The number of benzene rings is 1. The molecule has 1 aromatic carbocycles. The van der Waals surface area contributed by atoms with E-state index in [1.165, 1.54) is 11.7 Å². The molecule has 0 bridgehead atoms. The van der Waals surface area contributed by atoms with Crippen LogP contribution in [-0.2, 0) is 11.8 Å². The summed E-state index contributed by atoms with van der Waals surface area (Å²) in [5.41, 5.74) is 1.10. The van der Waals surface area contributed by atoms with Crippen LogP contribution in [-0.4, -0.2) is 41.1 Å². The number of nitrogens with one attached hydrogen (secondary N) is 1. The van der Waals surface area contributed by atoms with Crippen molar-refractivity contribution in [3.63, 3.8) is 0 Å². The molecule has 1 N–H and O–H groups in total. The van der Waals surface area contributed by atoms with E-state index in [2.05, 4.69) is 5.32 Å². The van der Waals surface area contributed by atoms with Crippen LogP contribution in [0.15, 0.2) is 41.5 Å². The van der Waals surface area contributed by atoms with Gasteiger partial charge in [-0.3, -0.25) is 14.3 Å².